The van der Waals surface area contributed by atoms with Crippen LogP contribution in [-0.4, -0.2) is 53.6 Å². The number of carbonyl (C=O) groups is 3. The number of aromatic nitrogens is 1. The number of hydrogen-bond acceptors (Lipinski definition) is 8. The van der Waals surface area contributed by atoms with Crippen molar-refractivity contribution < 1.29 is 23.9 Å². The summed E-state index contributed by atoms with van der Waals surface area (Å²) in [5.41, 5.74) is 1.56. The zero-order valence-corrected chi connectivity index (χ0v) is 23.4. The highest BCUT2D eigenvalue weighted by molar-refractivity contribution is 8.00. The second kappa shape index (κ2) is 9.52. The van der Waals surface area contributed by atoms with Gasteiger partial charge in [0.1, 0.15) is 18.0 Å². The van der Waals surface area contributed by atoms with Crippen molar-refractivity contribution in [1.82, 2.24) is 9.88 Å². The lowest BCUT2D eigenvalue weighted by Gasteiger charge is -2.43. The number of hydrogen-bond donors (Lipinski definition) is 2. The van der Waals surface area contributed by atoms with Crippen LogP contribution >= 0.6 is 23.1 Å². The maximum Gasteiger partial charge on any atom is 0.305 e. The second-order valence-electron chi connectivity index (χ2n) is 10.7. The van der Waals surface area contributed by atoms with Crippen LogP contribution in [0.15, 0.2) is 58.4 Å². The van der Waals surface area contributed by atoms with E-state index in [4.69, 9.17) is 9.47 Å². The van der Waals surface area contributed by atoms with Gasteiger partial charge in [0.05, 0.1) is 31.1 Å². The number of fused-ring (bicyclic) bond motifs is 9. The van der Waals surface area contributed by atoms with Crippen molar-refractivity contribution in [3.05, 3.63) is 68.6 Å². The van der Waals surface area contributed by atoms with Gasteiger partial charge < -0.3 is 19.8 Å². The van der Waals surface area contributed by atoms with Crippen LogP contribution in [-0.2, 0) is 14.4 Å². The normalized spacial score (nSPS) is 29.6. The van der Waals surface area contributed by atoms with Gasteiger partial charge in [-0.2, -0.15) is 0 Å². The molecule has 2 saturated carbocycles. The van der Waals surface area contributed by atoms with Crippen LogP contribution in [0.3, 0.4) is 0 Å². The van der Waals surface area contributed by atoms with Crippen molar-refractivity contribution in [2.45, 2.75) is 22.6 Å². The maximum absolute atomic E-state index is 13.8. The van der Waals surface area contributed by atoms with Gasteiger partial charge >= 0.3 is 4.87 Å². The van der Waals surface area contributed by atoms with Gasteiger partial charge in [-0.1, -0.05) is 29.5 Å². The number of nitrogens with zero attached hydrogens (tertiary/aromatic N) is 1. The van der Waals surface area contributed by atoms with E-state index in [-0.39, 0.29) is 52.2 Å². The van der Waals surface area contributed by atoms with E-state index in [9.17, 15) is 19.2 Å². The van der Waals surface area contributed by atoms with E-state index < -0.39 is 17.7 Å². The number of aromatic amines is 1. The fourth-order valence-electron chi connectivity index (χ4n) is 7.52. The number of methoxy groups -OCH3 is 2. The third kappa shape index (κ3) is 3.74. The minimum Gasteiger partial charge on any atom is -0.497 e. The van der Waals surface area contributed by atoms with Crippen molar-refractivity contribution in [3.63, 3.8) is 0 Å². The van der Waals surface area contributed by atoms with Gasteiger partial charge in [-0.25, -0.2) is 0 Å². The Morgan fingerprint density at radius 1 is 1.00 bits per heavy atom. The van der Waals surface area contributed by atoms with E-state index in [1.54, 1.807) is 50.2 Å². The zero-order chi connectivity index (χ0) is 27.7. The molecule has 7 atom stereocenters. The maximum atomic E-state index is 13.8. The Morgan fingerprint density at radius 2 is 1.73 bits per heavy atom. The SMILES string of the molecule is COc1ccc(NC(=O)CN2C(=O)C3C4CC(C3C2=O)C2C4Sc3[nH]c(=O)sc3[C@@H]2c2ccccc2OC)cc1. The largest absolute Gasteiger partial charge is 0.497 e. The lowest BCUT2D eigenvalue weighted by Crippen LogP contribution is -2.42. The van der Waals surface area contributed by atoms with Gasteiger partial charge in [-0.15, -0.1) is 11.8 Å². The molecule has 3 amide bonds. The number of thiazole rings is 1. The molecule has 2 aliphatic heterocycles. The molecule has 2 N–H and O–H groups in total. The van der Waals surface area contributed by atoms with E-state index in [0.717, 1.165) is 32.5 Å². The van der Waals surface area contributed by atoms with E-state index >= 15 is 0 Å². The number of thioether (sulfide) groups is 1. The second-order valence-corrected chi connectivity index (χ2v) is 12.9. The summed E-state index contributed by atoms with van der Waals surface area (Å²) < 4.78 is 10.9. The van der Waals surface area contributed by atoms with E-state index in [1.807, 2.05) is 24.3 Å². The number of imide groups is 1. The average Bonchev–Trinajstić information content (AvgIpc) is 3.69. The van der Waals surface area contributed by atoms with Crippen LogP contribution in [0.2, 0.25) is 0 Å². The molecular formula is C29H27N3O6S2. The van der Waals surface area contributed by atoms with Crippen LogP contribution in [0.4, 0.5) is 5.69 Å². The Balaban J connectivity index is 1.18. The third-order valence-electron chi connectivity index (χ3n) is 8.96. The quantitative estimate of drug-likeness (QED) is 0.430. The molecular weight excluding hydrogens is 550 g/mol. The summed E-state index contributed by atoms with van der Waals surface area (Å²) >= 11 is 2.85. The first-order chi connectivity index (χ1) is 19.4. The summed E-state index contributed by atoms with van der Waals surface area (Å²) in [5, 5.41) is 3.70. The number of benzene rings is 2. The van der Waals surface area contributed by atoms with Crippen LogP contribution < -0.4 is 19.7 Å². The number of likely N-dealkylation sites (tertiary alicyclic amines) is 1. The van der Waals surface area contributed by atoms with Crippen molar-refractivity contribution in [1.29, 1.82) is 0 Å². The molecule has 3 heterocycles. The first-order valence-corrected chi connectivity index (χ1v) is 14.9. The first-order valence-electron chi connectivity index (χ1n) is 13.2. The predicted octanol–water partition coefficient (Wildman–Crippen LogP) is 3.57. The number of anilines is 1. The number of ether oxygens (including phenoxy) is 2. The van der Waals surface area contributed by atoms with Gasteiger partial charge in [0.15, 0.2) is 0 Å². The van der Waals surface area contributed by atoms with Crippen LogP contribution in [0, 0.1) is 29.6 Å². The third-order valence-corrected chi connectivity index (χ3v) is 11.6. The Hall–Kier alpha value is -3.57. The lowest BCUT2D eigenvalue weighted by molar-refractivity contribution is -0.143. The molecule has 9 nitrogen and oxygen atoms in total. The molecule has 3 fully saturated rings. The Morgan fingerprint density at radius 3 is 2.45 bits per heavy atom. The molecule has 7 rings (SSSR count). The van der Waals surface area contributed by atoms with Gasteiger partial charge in [0.25, 0.3) is 0 Å². The summed E-state index contributed by atoms with van der Waals surface area (Å²) in [4.78, 5) is 57.8. The molecule has 11 heteroatoms. The van der Waals surface area contributed by atoms with Crippen LogP contribution in [0.5, 0.6) is 11.5 Å². The molecule has 206 valence electrons. The average molecular weight is 578 g/mol. The number of amides is 3. The molecule has 2 aliphatic carbocycles. The minimum absolute atomic E-state index is 0.00939. The predicted molar refractivity (Wildman–Crippen MR) is 150 cm³/mol. The van der Waals surface area contributed by atoms with Crippen molar-refractivity contribution >= 4 is 46.5 Å². The number of H-pyrrole nitrogens is 1. The summed E-state index contributed by atoms with van der Waals surface area (Å²) in [7, 11) is 3.20. The fraction of sp³-hybridized carbons (Fsp3) is 0.379. The van der Waals surface area contributed by atoms with Gasteiger partial charge in [0, 0.05) is 27.3 Å². The van der Waals surface area contributed by atoms with Crippen molar-refractivity contribution in [3.8, 4) is 11.5 Å². The van der Waals surface area contributed by atoms with Crippen molar-refractivity contribution in [2.24, 2.45) is 29.6 Å². The summed E-state index contributed by atoms with van der Waals surface area (Å²) in [6, 6.07) is 14.7. The van der Waals surface area contributed by atoms with E-state index in [0.29, 0.717) is 11.4 Å². The molecule has 0 spiro atoms. The molecule has 2 aromatic carbocycles. The smallest absolute Gasteiger partial charge is 0.305 e. The number of rotatable bonds is 6. The summed E-state index contributed by atoms with van der Waals surface area (Å²) in [5.74, 6) is -0.518. The van der Waals surface area contributed by atoms with E-state index in [2.05, 4.69) is 10.3 Å². The number of nitrogens with one attached hydrogen (secondary N) is 2. The van der Waals surface area contributed by atoms with Gasteiger partial charge in [-0.05, 0) is 54.5 Å². The molecule has 0 radical (unpaired) electrons. The zero-order valence-electron chi connectivity index (χ0n) is 21.8. The molecule has 1 saturated heterocycles. The number of para-hydroxylation sites is 1. The van der Waals surface area contributed by atoms with Gasteiger partial charge in [0.2, 0.25) is 17.7 Å². The monoisotopic (exact) mass is 577 g/mol. The molecule has 40 heavy (non-hydrogen) atoms. The Labute approximate surface area is 238 Å². The first kappa shape index (κ1) is 25.4. The Kier molecular flexibility index (Phi) is 6.04. The summed E-state index contributed by atoms with van der Waals surface area (Å²) in [6.07, 6.45) is 0.784. The van der Waals surface area contributed by atoms with Crippen molar-refractivity contribution in [2.75, 3.05) is 26.1 Å². The molecule has 3 aromatic rings. The highest BCUT2D eigenvalue weighted by Gasteiger charge is 2.69. The molecule has 2 bridgehead atoms. The topological polar surface area (TPSA) is 118 Å². The standard InChI is InChI=1S/C29H27N3O6S2/c1-37-14-9-7-13(8-10-14)30-19(33)12-32-27(34)22-16-11-17(23(22)28(32)35)24-21(16)20(15-5-3-4-6-18(15)38-2)25-26(39-24)31-29(36)40-25/h3-10,16-17,20-24H,11-12H2,1-2H3,(H,30,33)(H,31,36)/t16?,17?,20-,21?,22?,23?,24?/m1/s1. The molecule has 6 unspecified atom stereocenters. The Bertz CT molecular complexity index is 1580. The van der Waals surface area contributed by atoms with Crippen LogP contribution in [0.25, 0.3) is 0 Å². The highest BCUT2D eigenvalue weighted by Crippen LogP contribution is 2.68. The number of carbonyl (C=O) groups excluding carboxylic acids is 3. The fourth-order valence-corrected chi connectivity index (χ4v) is 10.4. The van der Waals surface area contributed by atoms with Crippen LogP contribution in [0.1, 0.15) is 22.8 Å². The van der Waals surface area contributed by atoms with E-state index in [1.165, 1.54) is 11.3 Å². The molecule has 1 aromatic heterocycles. The van der Waals surface area contributed by atoms with Gasteiger partial charge in [-0.3, -0.25) is 24.1 Å². The highest BCUT2D eigenvalue weighted by atomic mass is 32.2. The summed E-state index contributed by atoms with van der Waals surface area (Å²) in [6.45, 7) is -0.310. The minimum atomic E-state index is -0.456. The molecule has 4 aliphatic rings. The lowest BCUT2D eigenvalue weighted by atomic mass is 9.68.